The van der Waals surface area contributed by atoms with Crippen molar-refractivity contribution in [1.29, 1.82) is 0 Å². The number of likely N-dealkylation sites (N-methyl/N-ethyl adjacent to an activating group) is 1. The molecule has 88 valence electrons. The number of anilines is 1. The molecule has 0 amide bonds. The largest absolute Gasteiger partial charge is 0.390 e. The van der Waals surface area contributed by atoms with E-state index in [1.54, 1.807) is 0 Å². The van der Waals surface area contributed by atoms with Crippen LogP contribution in [-0.4, -0.2) is 30.8 Å². The van der Waals surface area contributed by atoms with Crippen molar-refractivity contribution in [2.24, 2.45) is 5.73 Å². The van der Waals surface area contributed by atoms with Crippen LogP contribution >= 0.6 is 11.6 Å². The first-order valence-electron chi connectivity index (χ1n) is 5.45. The Hall–Kier alpha value is -0.770. The molecule has 1 aromatic rings. The van der Waals surface area contributed by atoms with Crippen LogP contribution in [0.4, 0.5) is 5.69 Å². The molecule has 4 heteroatoms. The highest BCUT2D eigenvalue weighted by molar-refractivity contribution is 6.32. The third-order valence-electron chi connectivity index (χ3n) is 3.38. The second kappa shape index (κ2) is 4.24. The highest BCUT2D eigenvalue weighted by atomic mass is 35.5. The molecule has 0 spiro atoms. The van der Waals surface area contributed by atoms with Crippen molar-refractivity contribution < 1.29 is 5.11 Å². The topological polar surface area (TPSA) is 49.5 Å². The van der Waals surface area contributed by atoms with E-state index in [9.17, 15) is 5.11 Å². The van der Waals surface area contributed by atoms with E-state index in [0.717, 1.165) is 22.7 Å². The van der Waals surface area contributed by atoms with Crippen LogP contribution in [0, 0.1) is 6.92 Å². The lowest BCUT2D eigenvalue weighted by atomic mass is 10.0. The number of halogens is 1. The Labute approximate surface area is 101 Å². The van der Waals surface area contributed by atoms with E-state index in [1.807, 2.05) is 19.2 Å². The van der Waals surface area contributed by atoms with Gasteiger partial charge in [-0.05, 0) is 30.5 Å². The summed E-state index contributed by atoms with van der Waals surface area (Å²) >= 11 is 6.18. The maximum Gasteiger partial charge on any atom is 0.0868 e. The highest BCUT2D eigenvalue weighted by Crippen LogP contribution is 2.39. The summed E-state index contributed by atoms with van der Waals surface area (Å²) in [7, 11) is 1.98. The van der Waals surface area contributed by atoms with Crippen LogP contribution in [0.2, 0.25) is 5.02 Å². The van der Waals surface area contributed by atoms with Gasteiger partial charge < -0.3 is 15.7 Å². The lowest BCUT2D eigenvalue weighted by molar-refractivity contribution is 0.153. The predicted octanol–water partition coefficient (Wildman–Crippen LogP) is 1.33. The third kappa shape index (κ3) is 1.69. The molecule has 1 aliphatic heterocycles. The van der Waals surface area contributed by atoms with Gasteiger partial charge in [-0.25, -0.2) is 0 Å². The molecule has 16 heavy (non-hydrogen) atoms. The highest BCUT2D eigenvalue weighted by Gasteiger charge is 2.33. The fraction of sp³-hybridized carbons (Fsp3) is 0.500. The Morgan fingerprint density at radius 2 is 2.31 bits per heavy atom. The minimum Gasteiger partial charge on any atom is -0.390 e. The SMILES string of the molecule is Cc1ccc(Cl)c2c1N(C)C(C(O)CN)C2. The van der Waals surface area contributed by atoms with E-state index in [-0.39, 0.29) is 12.6 Å². The summed E-state index contributed by atoms with van der Waals surface area (Å²) in [5, 5.41) is 10.6. The van der Waals surface area contributed by atoms with E-state index < -0.39 is 6.10 Å². The molecule has 1 aliphatic rings. The lowest BCUT2D eigenvalue weighted by Crippen LogP contribution is -2.43. The molecule has 1 aromatic carbocycles. The van der Waals surface area contributed by atoms with Gasteiger partial charge >= 0.3 is 0 Å². The Morgan fingerprint density at radius 3 is 2.88 bits per heavy atom. The number of hydrogen-bond acceptors (Lipinski definition) is 3. The molecule has 2 rings (SSSR count). The van der Waals surface area contributed by atoms with Crippen molar-refractivity contribution in [3.8, 4) is 0 Å². The van der Waals surface area contributed by atoms with Gasteiger partial charge in [-0.3, -0.25) is 0 Å². The predicted molar refractivity (Wildman–Crippen MR) is 67.1 cm³/mol. The van der Waals surface area contributed by atoms with Crippen LogP contribution in [0.25, 0.3) is 0 Å². The zero-order chi connectivity index (χ0) is 11.9. The molecule has 0 saturated carbocycles. The van der Waals surface area contributed by atoms with Crippen molar-refractivity contribution in [3.05, 3.63) is 28.3 Å². The van der Waals surface area contributed by atoms with Gasteiger partial charge in [-0.2, -0.15) is 0 Å². The summed E-state index contributed by atoms with van der Waals surface area (Å²) < 4.78 is 0. The summed E-state index contributed by atoms with van der Waals surface area (Å²) in [5.74, 6) is 0. The molecule has 1 heterocycles. The van der Waals surface area contributed by atoms with E-state index in [2.05, 4.69) is 11.8 Å². The van der Waals surface area contributed by atoms with Gasteiger partial charge in [0.2, 0.25) is 0 Å². The van der Waals surface area contributed by atoms with Crippen LogP contribution in [0.1, 0.15) is 11.1 Å². The van der Waals surface area contributed by atoms with E-state index in [1.165, 1.54) is 5.56 Å². The maximum atomic E-state index is 9.87. The molecule has 0 aliphatic carbocycles. The molecule has 0 bridgehead atoms. The molecule has 3 N–H and O–H groups in total. The fourth-order valence-corrected chi connectivity index (χ4v) is 2.71. The second-order valence-corrected chi connectivity index (χ2v) is 4.78. The first-order valence-corrected chi connectivity index (χ1v) is 5.83. The van der Waals surface area contributed by atoms with E-state index >= 15 is 0 Å². The number of nitrogens with zero attached hydrogens (tertiary/aromatic N) is 1. The van der Waals surface area contributed by atoms with E-state index in [4.69, 9.17) is 17.3 Å². The van der Waals surface area contributed by atoms with Crippen molar-refractivity contribution in [3.63, 3.8) is 0 Å². The molecule has 2 atom stereocenters. The van der Waals surface area contributed by atoms with Gasteiger partial charge in [0.15, 0.2) is 0 Å². The van der Waals surface area contributed by atoms with Crippen molar-refractivity contribution in [2.45, 2.75) is 25.5 Å². The molecular formula is C12H17ClN2O. The van der Waals surface area contributed by atoms with Gasteiger partial charge in [0, 0.05) is 24.3 Å². The van der Waals surface area contributed by atoms with Crippen LogP contribution < -0.4 is 10.6 Å². The maximum absolute atomic E-state index is 9.87. The molecule has 2 unspecified atom stereocenters. The van der Waals surface area contributed by atoms with Gasteiger partial charge in [0.1, 0.15) is 0 Å². The van der Waals surface area contributed by atoms with Gasteiger partial charge in [0.25, 0.3) is 0 Å². The minimum absolute atomic E-state index is 0.0404. The average Bonchev–Trinajstić information content (AvgIpc) is 2.62. The summed E-state index contributed by atoms with van der Waals surface area (Å²) in [6.07, 6.45) is 0.262. The van der Waals surface area contributed by atoms with Gasteiger partial charge in [-0.15, -0.1) is 0 Å². The molecule has 3 nitrogen and oxygen atoms in total. The second-order valence-electron chi connectivity index (χ2n) is 4.38. The smallest absolute Gasteiger partial charge is 0.0868 e. The molecule has 0 saturated heterocycles. The monoisotopic (exact) mass is 240 g/mol. The van der Waals surface area contributed by atoms with Crippen LogP contribution in [-0.2, 0) is 6.42 Å². The Kier molecular flexibility index (Phi) is 3.10. The van der Waals surface area contributed by atoms with Crippen molar-refractivity contribution in [1.82, 2.24) is 0 Å². The number of fused-ring (bicyclic) bond motifs is 1. The number of rotatable bonds is 2. The first kappa shape index (κ1) is 11.7. The van der Waals surface area contributed by atoms with Gasteiger partial charge in [-0.1, -0.05) is 17.7 Å². The average molecular weight is 241 g/mol. The quantitative estimate of drug-likeness (QED) is 0.820. The molecule has 0 aromatic heterocycles. The Balaban J connectivity index is 2.41. The van der Waals surface area contributed by atoms with Crippen LogP contribution in [0.15, 0.2) is 12.1 Å². The summed E-state index contributed by atoms with van der Waals surface area (Å²) in [4.78, 5) is 2.09. The fourth-order valence-electron chi connectivity index (χ4n) is 2.48. The zero-order valence-electron chi connectivity index (χ0n) is 9.57. The Morgan fingerprint density at radius 1 is 1.62 bits per heavy atom. The first-order chi connectivity index (χ1) is 7.56. The van der Waals surface area contributed by atoms with Crippen molar-refractivity contribution in [2.75, 3.05) is 18.5 Å². The number of benzene rings is 1. The van der Waals surface area contributed by atoms with Crippen molar-refractivity contribution >= 4 is 17.3 Å². The standard InChI is InChI=1S/C12H17ClN2O/c1-7-3-4-9(13)8-5-10(11(16)6-14)15(2)12(7)8/h3-4,10-11,16H,5-6,14H2,1-2H3. The normalized spacial score (nSPS) is 21.1. The lowest BCUT2D eigenvalue weighted by Gasteiger charge is -2.27. The minimum atomic E-state index is -0.507. The molecular weight excluding hydrogens is 224 g/mol. The number of aliphatic hydroxyl groups excluding tert-OH is 1. The van der Waals surface area contributed by atoms with Gasteiger partial charge in [0.05, 0.1) is 12.1 Å². The molecule has 0 radical (unpaired) electrons. The third-order valence-corrected chi connectivity index (χ3v) is 3.73. The number of nitrogens with two attached hydrogens (primary N) is 1. The molecule has 0 fully saturated rings. The number of hydrogen-bond donors (Lipinski definition) is 2. The Bertz CT molecular complexity index is 408. The van der Waals surface area contributed by atoms with Crippen LogP contribution in [0.5, 0.6) is 0 Å². The summed E-state index contributed by atoms with van der Waals surface area (Å²) in [6, 6.07) is 3.97. The summed E-state index contributed by atoms with van der Waals surface area (Å²) in [5.41, 5.74) is 8.97. The van der Waals surface area contributed by atoms with E-state index in [0.29, 0.717) is 0 Å². The number of aliphatic hydroxyl groups is 1. The summed E-state index contributed by atoms with van der Waals surface area (Å²) in [6.45, 7) is 2.34. The number of aryl methyl sites for hydroxylation is 1. The zero-order valence-corrected chi connectivity index (χ0v) is 10.3. The van der Waals surface area contributed by atoms with Crippen LogP contribution in [0.3, 0.4) is 0 Å².